The van der Waals surface area contributed by atoms with Gasteiger partial charge in [0.05, 0.1) is 0 Å². The highest BCUT2D eigenvalue weighted by Crippen LogP contribution is 2.39. The smallest absolute Gasteiger partial charge is 0.201 e. The molecule has 0 spiro atoms. The van der Waals surface area contributed by atoms with E-state index in [1.54, 1.807) is 42.5 Å². The van der Waals surface area contributed by atoms with Crippen molar-refractivity contribution in [2.75, 3.05) is 0 Å². The van der Waals surface area contributed by atoms with E-state index >= 15 is 0 Å². The maximum absolute atomic E-state index is 10.3. The zero-order valence-corrected chi connectivity index (χ0v) is 18.1. The Labute approximate surface area is 192 Å². The van der Waals surface area contributed by atoms with Gasteiger partial charge in [0.15, 0.2) is 11.5 Å². The lowest BCUT2D eigenvalue weighted by molar-refractivity contribution is 0.372. The summed E-state index contributed by atoms with van der Waals surface area (Å²) >= 11 is 0. The van der Waals surface area contributed by atoms with Crippen LogP contribution in [-0.2, 0) is 25.7 Å². The van der Waals surface area contributed by atoms with Crippen LogP contribution < -0.4 is 4.74 Å². The molecule has 0 heterocycles. The first-order chi connectivity index (χ1) is 16.0. The molecular weight excluding hydrogens is 416 g/mol. The fraction of sp³-hybridized carbons (Fsp3) is 0.143. The summed E-state index contributed by atoms with van der Waals surface area (Å²) in [5, 5.41) is 39.8. The molecule has 0 aliphatic carbocycles. The van der Waals surface area contributed by atoms with Crippen LogP contribution in [-0.4, -0.2) is 20.4 Å². The van der Waals surface area contributed by atoms with Crippen molar-refractivity contribution in [3.8, 4) is 34.5 Å². The van der Waals surface area contributed by atoms with Gasteiger partial charge >= 0.3 is 0 Å². The maximum atomic E-state index is 10.3. The van der Waals surface area contributed by atoms with Gasteiger partial charge in [0.25, 0.3) is 0 Å². The molecule has 0 atom stereocenters. The fourth-order valence-electron chi connectivity index (χ4n) is 3.76. The second kappa shape index (κ2) is 10.0. The van der Waals surface area contributed by atoms with Crippen LogP contribution in [0.1, 0.15) is 22.3 Å². The number of ether oxygens (including phenoxy) is 1. The minimum Gasteiger partial charge on any atom is -0.508 e. The number of aryl methyl sites for hydroxylation is 4. The Hall–Kier alpha value is -4.12. The molecule has 0 fully saturated rings. The first-order valence-electron chi connectivity index (χ1n) is 10.8. The topological polar surface area (TPSA) is 90.2 Å². The van der Waals surface area contributed by atoms with Gasteiger partial charge in [0.1, 0.15) is 17.2 Å². The van der Waals surface area contributed by atoms with Crippen LogP contribution in [0, 0.1) is 0 Å². The third-order valence-corrected chi connectivity index (χ3v) is 5.47. The predicted molar refractivity (Wildman–Crippen MR) is 127 cm³/mol. The molecular formula is C28H26O5. The van der Waals surface area contributed by atoms with E-state index < -0.39 is 0 Å². The molecule has 4 aromatic rings. The van der Waals surface area contributed by atoms with Gasteiger partial charge in [-0.15, -0.1) is 0 Å². The van der Waals surface area contributed by atoms with Gasteiger partial charge in [-0.25, -0.2) is 0 Å². The zero-order valence-electron chi connectivity index (χ0n) is 18.1. The molecule has 4 rings (SSSR count). The number of hydrogen-bond acceptors (Lipinski definition) is 5. The summed E-state index contributed by atoms with van der Waals surface area (Å²) in [7, 11) is 0. The lowest BCUT2D eigenvalue weighted by Gasteiger charge is -2.12. The van der Waals surface area contributed by atoms with Gasteiger partial charge in [-0.2, -0.15) is 0 Å². The molecule has 0 unspecified atom stereocenters. The highest BCUT2D eigenvalue weighted by Gasteiger charge is 2.12. The van der Waals surface area contributed by atoms with Crippen molar-refractivity contribution in [2.24, 2.45) is 0 Å². The molecule has 0 saturated heterocycles. The minimum absolute atomic E-state index is 0.186. The molecule has 0 radical (unpaired) electrons. The molecule has 33 heavy (non-hydrogen) atoms. The first kappa shape index (κ1) is 22.1. The Balaban J connectivity index is 1.46. The molecule has 4 N–H and O–H groups in total. The molecule has 5 nitrogen and oxygen atoms in total. The molecule has 5 heteroatoms. The quantitative estimate of drug-likeness (QED) is 0.256. The van der Waals surface area contributed by atoms with Crippen LogP contribution in [0.25, 0.3) is 0 Å². The molecule has 0 bridgehead atoms. The van der Waals surface area contributed by atoms with Crippen LogP contribution in [0.15, 0.2) is 84.9 Å². The molecule has 0 aromatic heterocycles. The average molecular weight is 443 g/mol. The Bertz CT molecular complexity index is 1250. The second-order valence-electron chi connectivity index (χ2n) is 8.05. The van der Waals surface area contributed by atoms with Crippen molar-refractivity contribution < 1.29 is 25.2 Å². The van der Waals surface area contributed by atoms with Crippen molar-refractivity contribution in [3.63, 3.8) is 0 Å². The van der Waals surface area contributed by atoms with E-state index in [2.05, 4.69) is 0 Å². The average Bonchev–Trinajstić information content (AvgIpc) is 2.80. The van der Waals surface area contributed by atoms with E-state index in [4.69, 9.17) is 4.74 Å². The number of benzene rings is 4. The summed E-state index contributed by atoms with van der Waals surface area (Å²) in [6.45, 7) is 0. The SMILES string of the molecule is Oc1cccc(CCc2cccc(Oc3cc(CCc4cccc(O)c4)cc(O)c3O)c2)c1. The standard InChI is InChI=1S/C28H26O5/c29-23-7-1-4-19(14-23)10-11-21-6-3-9-25(16-21)33-27-18-22(17-26(31)28(27)32)13-12-20-5-2-8-24(30)15-20/h1-9,14-18,29-32H,10-13H2. The van der Waals surface area contributed by atoms with Crippen molar-refractivity contribution in [3.05, 3.63) is 107 Å². The third kappa shape index (κ3) is 5.98. The van der Waals surface area contributed by atoms with Crippen LogP contribution >= 0.6 is 0 Å². The van der Waals surface area contributed by atoms with Gasteiger partial charge in [0.2, 0.25) is 5.75 Å². The Morgan fingerprint density at radius 1 is 0.515 bits per heavy atom. The molecule has 0 amide bonds. The van der Waals surface area contributed by atoms with Crippen LogP contribution in [0.2, 0.25) is 0 Å². The number of phenolic OH excluding ortho intramolecular Hbond substituents is 4. The lowest BCUT2D eigenvalue weighted by atomic mass is 10.0. The molecule has 168 valence electrons. The number of phenols is 4. The summed E-state index contributed by atoms with van der Waals surface area (Å²) in [5.41, 5.74) is 3.89. The van der Waals surface area contributed by atoms with Crippen molar-refractivity contribution in [2.45, 2.75) is 25.7 Å². The van der Waals surface area contributed by atoms with Crippen molar-refractivity contribution >= 4 is 0 Å². The summed E-state index contributed by atoms with van der Waals surface area (Å²) in [4.78, 5) is 0. The van der Waals surface area contributed by atoms with Crippen LogP contribution in [0.3, 0.4) is 0 Å². The van der Waals surface area contributed by atoms with Gasteiger partial charge < -0.3 is 25.2 Å². The van der Waals surface area contributed by atoms with E-state index in [1.807, 2.05) is 36.4 Å². The molecule has 0 aliphatic heterocycles. The zero-order chi connectivity index (χ0) is 23.2. The summed E-state index contributed by atoms with van der Waals surface area (Å²) in [5.74, 6) is 0.673. The molecule has 4 aromatic carbocycles. The summed E-state index contributed by atoms with van der Waals surface area (Å²) in [6.07, 6.45) is 2.82. The minimum atomic E-state index is -0.304. The van der Waals surface area contributed by atoms with Crippen LogP contribution in [0.4, 0.5) is 0 Å². The maximum Gasteiger partial charge on any atom is 0.201 e. The number of hydrogen-bond donors (Lipinski definition) is 4. The van der Waals surface area contributed by atoms with Gasteiger partial charge in [0, 0.05) is 0 Å². The Kier molecular flexibility index (Phi) is 6.69. The monoisotopic (exact) mass is 442 g/mol. The van der Waals surface area contributed by atoms with Crippen molar-refractivity contribution in [1.82, 2.24) is 0 Å². The van der Waals surface area contributed by atoms with Gasteiger partial charge in [-0.05, 0) is 96.5 Å². The summed E-state index contributed by atoms with van der Waals surface area (Å²) in [6, 6.07) is 25.1. The molecule has 0 aliphatic rings. The van der Waals surface area contributed by atoms with Crippen LogP contribution in [0.5, 0.6) is 34.5 Å². The lowest BCUT2D eigenvalue weighted by Crippen LogP contribution is -1.95. The van der Waals surface area contributed by atoms with E-state index in [1.165, 1.54) is 6.07 Å². The fourth-order valence-corrected chi connectivity index (χ4v) is 3.76. The van der Waals surface area contributed by atoms with E-state index in [-0.39, 0.29) is 28.7 Å². The number of aromatic hydroxyl groups is 4. The van der Waals surface area contributed by atoms with E-state index in [0.29, 0.717) is 18.6 Å². The predicted octanol–water partition coefficient (Wildman–Crippen LogP) is 5.87. The third-order valence-electron chi connectivity index (χ3n) is 5.47. The van der Waals surface area contributed by atoms with E-state index in [9.17, 15) is 20.4 Å². The largest absolute Gasteiger partial charge is 0.508 e. The Morgan fingerprint density at radius 3 is 1.61 bits per heavy atom. The van der Waals surface area contributed by atoms with Gasteiger partial charge in [-0.3, -0.25) is 0 Å². The van der Waals surface area contributed by atoms with Crippen molar-refractivity contribution in [1.29, 1.82) is 0 Å². The normalized spacial score (nSPS) is 10.8. The summed E-state index contributed by atoms with van der Waals surface area (Å²) < 4.78 is 5.92. The van der Waals surface area contributed by atoms with Gasteiger partial charge in [-0.1, -0.05) is 36.4 Å². The number of rotatable bonds is 8. The first-order valence-corrected chi connectivity index (χ1v) is 10.8. The van der Waals surface area contributed by atoms with E-state index in [0.717, 1.165) is 35.1 Å². The highest BCUT2D eigenvalue weighted by molar-refractivity contribution is 5.53. The highest BCUT2D eigenvalue weighted by atomic mass is 16.5. The Morgan fingerprint density at radius 2 is 1.03 bits per heavy atom. The molecule has 0 saturated carbocycles. The second-order valence-corrected chi connectivity index (χ2v) is 8.05.